The van der Waals surface area contributed by atoms with Crippen molar-refractivity contribution in [3.8, 4) is 11.5 Å². The van der Waals surface area contributed by atoms with E-state index in [0.29, 0.717) is 37.7 Å². The first-order valence-corrected chi connectivity index (χ1v) is 10.4. The molecule has 0 spiro atoms. The number of urea groups is 1. The molecule has 5 amide bonds. The summed E-state index contributed by atoms with van der Waals surface area (Å²) in [6.45, 7) is 3.25. The number of ether oxygens (including phenoxy) is 2. The number of rotatable bonds is 5. The van der Waals surface area contributed by atoms with Crippen LogP contribution in [0.2, 0.25) is 0 Å². The number of hydrogen-bond acceptors (Lipinski definition) is 6. The summed E-state index contributed by atoms with van der Waals surface area (Å²) in [5, 5.41) is 0. The van der Waals surface area contributed by atoms with Crippen LogP contribution in [0.15, 0.2) is 18.2 Å². The van der Waals surface area contributed by atoms with Gasteiger partial charge >= 0.3 is 17.8 Å². The number of imide groups is 2. The van der Waals surface area contributed by atoms with Gasteiger partial charge in [-0.2, -0.15) is 0 Å². The summed E-state index contributed by atoms with van der Waals surface area (Å²) >= 11 is 0. The quantitative estimate of drug-likeness (QED) is 0.537. The summed E-state index contributed by atoms with van der Waals surface area (Å²) in [5.41, 5.74) is 0.924. The molecule has 2 fully saturated rings. The minimum atomic E-state index is -0.937. The highest BCUT2D eigenvalue weighted by molar-refractivity contribution is 6.45. The lowest BCUT2D eigenvalue weighted by atomic mass is 10.0. The van der Waals surface area contributed by atoms with Gasteiger partial charge in [-0.25, -0.2) is 9.69 Å². The minimum absolute atomic E-state index is 0.164. The van der Waals surface area contributed by atoms with E-state index in [0.717, 1.165) is 34.6 Å². The predicted molar refractivity (Wildman–Crippen MR) is 105 cm³/mol. The second-order valence-electron chi connectivity index (χ2n) is 7.63. The number of carbonyl (C=O) groups is 4. The molecular formula is C21H25N3O6. The van der Waals surface area contributed by atoms with Crippen molar-refractivity contribution in [2.45, 2.75) is 38.6 Å². The Bertz CT molecular complexity index is 885. The highest BCUT2D eigenvalue weighted by Crippen LogP contribution is 2.38. The van der Waals surface area contributed by atoms with Gasteiger partial charge in [-0.1, -0.05) is 13.0 Å². The summed E-state index contributed by atoms with van der Waals surface area (Å²) in [7, 11) is 0. The van der Waals surface area contributed by atoms with Gasteiger partial charge in [0.05, 0.1) is 19.3 Å². The minimum Gasteiger partial charge on any atom is -0.490 e. The third kappa shape index (κ3) is 3.59. The third-order valence-electron chi connectivity index (χ3n) is 5.61. The molecule has 1 atom stereocenters. The fourth-order valence-electron chi connectivity index (χ4n) is 4.14. The van der Waals surface area contributed by atoms with Crippen molar-refractivity contribution in [3.63, 3.8) is 0 Å². The molecule has 4 rings (SSSR count). The van der Waals surface area contributed by atoms with Crippen LogP contribution in [0.4, 0.5) is 4.79 Å². The van der Waals surface area contributed by atoms with Gasteiger partial charge in [-0.15, -0.1) is 0 Å². The highest BCUT2D eigenvalue weighted by atomic mass is 16.5. The molecule has 0 unspecified atom stereocenters. The molecule has 0 aromatic heterocycles. The maximum Gasteiger partial charge on any atom is 0.334 e. The Morgan fingerprint density at radius 3 is 2.53 bits per heavy atom. The van der Waals surface area contributed by atoms with Crippen LogP contribution in [0.3, 0.4) is 0 Å². The van der Waals surface area contributed by atoms with Crippen LogP contribution in [0, 0.1) is 0 Å². The number of carbonyl (C=O) groups excluding carboxylic acids is 4. The predicted octanol–water partition coefficient (Wildman–Crippen LogP) is 1.71. The molecule has 30 heavy (non-hydrogen) atoms. The largest absolute Gasteiger partial charge is 0.490 e. The number of hydrogen-bond donors (Lipinski definition) is 0. The number of nitrogens with zero attached hydrogens (tertiary/aromatic N) is 3. The van der Waals surface area contributed by atoms with Gasteiger partial charge in [0, 0.05) is 19.5 Å². The molecule has 0 radical (unpaired) electrons. The highest BCUT2D eigenvalue weighted by Gasteiger charge is 2.45. The maximum atomic E-state index is 13.0. The molecule has 160 valence electrons. The van der Waals surface area contributed by atoms with Gasteiger partial charge in [-0.05, 0) is 37.0 Å². The zero-order valence-electron chi connectivity index (χ0n) is 17.0. The lowest BCUT2D eigenvalue weighted by Crippen LogP contribution is -2.43. The molecule has 3 heterocycles. The smallest absolute Gasteiger partial charge is 0.334 e. The van der Waals surface area contributed by atoms with Gasteiger partial charge in [0.25, 0.3) is 0 Å². The van der Waals surface area contributed by atoms with Crippen molar-refractivity contribution in [1.82, 2.24) is 14.7 Å². The van der Waals surface area contributed by atoms with Crippen LogP contribution in [0.25, 0.3) is 0 Å². The molecule has 2 saturated heterocycles. The average Bonchev–Trinajstić information content (AvgIpc) is 3.21. The van der Waals surface area contributed by atoms with Crippen LogP contribution < -0.4 is 9.47 Å². The molecule has 1 aromatic rings. The van der Waals surface area contributed by atoms with E-state index in [1.54, 1.807) is 4.90 Å². The topological polar surface area (TPSA) is 96.5 Å². The summed E-state index contributed by atoms with van der Waals surface area (Å²) < 4.78 is 11.4. The molecule has 9 nitrogen and oxygen atoms in total. The van der Waals surface area contributed by atoms with E-state index in [1.807, 2.05) is 25.1 Å². The lowest BCUT2D eigenvalue weighted by Gasteiger charge is -2.27. The third-order valence-corrected chi connectivity index (χ3v) is 5.61. The Morgan fingerprint density at radius 1 is 1.03 bits per heavy atom. The van der Waals surface area contributed by atoms with Crippen molar-refractivity contribution < 1.29 is 28.7 Å². The Labute approximate surface area is 174 Å². The van der Waals surface area contributed by atoms with Crippen LogP contribution >= 0.6 is 0 Å². The summed E-state index contributed by atoms with van der Waals surface area (Å²) in [5.74, 6) is -0.800. The van der Waals surface area contributed by atoms with E-state index in [4.69, 9.17) is 9.47 Å². The van der Waals surface area contributed by atoms with Gasteiger partial charge in [-0.3, -0.25) is 19.3 Å². The van der Waals surface area contributed by atoms with Crippen molar-refractivity contribution in [2.75, 3.05) is 32.8 Å². The Kier molecular flexibility index (Phi) is 5.61. The van der Waals surface area contributed by atoms with Crippen molar-refractivity contribution >= 4 is 23.8 Å². The molecular weight excluding hydrogens is 390 g/mol. The van der Waals surface area contributed by atoms with Crippen molar-refractivity contribution in [3.05, 3.63) is 23.8 Å². The second kappa shape index (κ2) is 8.33. The van der Waals surface area contributed by atoms with Gasteiger partial charge in [0.2, 0.25) is 5.91 Å². The lowest BCUT2D eigenvalue weighted by molar-refractivity contribution is -0.145. The molecule has 9 heteroatoms. The Balaban J connectivity index is 1.49. The van der Waals surface area contributed by atoms with E-state index in [1.165, 1.54) is 0 Å². The second-order valence-corrected chi connectivity index (χ2v) is 7.63. The first kappa shape index (κ1) is 20.2. The van der Waals surface area contributed by atoms with Gasteiger partial charge in [0.15, 0.2) is 11.5 Å². The molecule has 3 aliphatic rings. The number of benzene rings is 1. The Morgan fingerprint density at radius 2 is 1.77 bits per heavy atom. The first-order valence-electron chi connectivity index (χ1n) is 10.4. The van der Waals surface area contributed by atoms with E-state index >= 15 is 0 Å². The SMILES string of the molecule is CCCN1C(=O)C(=O)N(CC(=O)N2CCC[C@@H]2c2ccc3c(c2)OCCCO3)C1=O. The average molecular weight is 415 g/mol. The molecule has 0 aliphatic carbocycles. The standard InChI is InChI=1S/C21H25N3O6/c1-2-8-23-19(26)20(27)24(21(23)28)13-18(25)22-9-3-5-15(22)14-6-7-16-17(12-14)30-11-4-10-29-16/h6-7,12,15H,2-5,8-11,13H2,1H3/t15-/m1/s1. The van der Waals surface area contributed by atoms with Crippen LogP contribution in [-0.4, -0.2) is 71.3 Å². The first-order chi connectivity index (χ1) is 14.5. The molecule has 3 aliphatic heterocycles. The zero-order valence-corrected chi connectivity index (χ0v) is 17.0. The maximum absolute atomic E-state index is 13.0. The van der Waals surface area contributed by atoms with E-state index in [9.17, 15) is 19.2 Å². The number of likely N-dealkylation sites (tertiary alicyclic amines) is 1. The molecule has 0 N–H and O–H groups in total. The van der Waals surface area contributed by atoms with Crippen LogP contribution in [-0.2, 0) is 14.4 Å². The van der Waals surface area contributed by atoms with E-state index in [2.05, 4.69) is 0 Å². The van der Waals surface area contributed by atoms with E-state index < -0.39 is 24.4 Å². The fraction of sp³-hybridized carbons (Fsp3) is 0.524. The molecule has 0 saturated carbocycles. The van der Waals surface area contributed by atoms with E-state index in [-0.39, 0.29) is 18.5 Å². The Hall–Kier alpha value is -3.10. The fourth-order valence-corrected chi connectivity index (χ4v) is 4.14. The number of amides is 5. The van der Waals surface area contributed by atoms with Crippen molar-refractivity contribution in [1.29, 1.82) is 0 Å². The summed E-state index contributed by atoms with van der Waals surface area (Å²) in [6, 6.07) is 4.78. The van der Waals surface area contributed by atoms with Crippen molar-refractivity contribution in [2.24, 2.45) is 0 Å². The number of fused-ring (bicyclic) bond motifs is 1. The normalized spacial score (nSPS) is 21.4. The molecule has 1 aromatic carbocycles. The van der Waals surface area contributed by atoms with Gasteiger partial charge in [0.1, 0.15) is 6.54 Å². The van der Waals surface area contributed by atoms with Crippen LogP contribution in [0.5, 0.6) is 11.5 Å². The zero-order chi connectivity index (χ0) is 21.3. The van der Waals surface area contributed by atoms with Crippen LogP contribution in [0.1, 0.15) is 44.2 Å². The van der Waals surface area contributed by atoms with Gasteiger partial charge < -0.3 is 14.4 Å². The summed E-state index contributed by atoms with van der Waals surface area (Å²) in [6.07, 6.45) is 2.94. The molecule has 0 bridgehead atoms. The summed E-state index contributed by atoms with van der Waals surface area (Å²) in [4.78, 5) is 53.0. The monoisotopic (exact) mass is 415 g/mol.